The van der Waals surface area contributed by atoms with Gasteiger partial charge in [0.1, 0.15) is 23.4 Å². The lowest BCUT2D eigenvalue weighted by molar-refractivity contribution is 0.0927. The molecule has 1 unspecified atom stereocenters. The van der Waals surface area contributed by atoms with Gasteiger partial charge in [0.15, 0.2) is 0 Å². The van der Waals surface area contributed by atoms with Gasteiger partial charge >= 0.3 is 0 Å². The number of halogens is 1. The zero-order valence-electron chi connectivity index (χ0n) is 14.7. The lowest BCUT2D eigenvalue weighted by atomic mass is 10.1. The van der Waals surface area contributed by atoms with Gasteiger partial charge in [-0.1, -0.05) is 54.1 Å². The zero-order chi connectivity index (χ0) is 19.3. The lowest BCUT2D eigenvalue weighted by Gasteiger charge is -2.18. The van der Waals surface area contributed by atoms with Crippen molar-refractivity contribution < 1.29 is 4.79 Å². The van der Waals surface area contributed by atoms with Crippen molar-refractivity contribution in [3.8, 4) is 10.6 Å². The monoisotopic (exact) mass is 409 g/mol. The van der Waals surface area contributed by atoms with E-state index in [2.05, 4.69) is 20.4 Å². The lowest BCUT2D eigenvalue weighted by Crippen LogP contribution is -2.31. The van der Waals surface area contributed by atoms with Gasteiger partial charge in [-0.15, -0.1) is 11.3 Å². The van der Waals surface area contributed by atoms with Crippen LogP contribution in [0, 0.1) is 0 Å². The van der Waals surface area contributed by atoms with E-state index in [9.17, 15) is 4.79 Å². The van der Waals surface area contributed by atoms with Gasteiger partial charge in [-0.3, -0.25) is 9.48 Å². The quantitative estimate of drug-likeness (QED) is 0.517. The smallest absolute Gasteiger partial charge is 0.271 e. The summed E-state index contributed by atoms with van der Waals surface area (Å²) >= 11 is 7.46. The molecule has 28 heavy (non-hydrogen) atoms. The van der Waals surface area contributed by atoms with Gasteiger partial charge in [0.05, 0.1) is 12.6 Å². The molecule has 2 heterocycles. The molecule has 0 aliphatic rings. The van der Waals surface area contributed by atoms with Gasteiger partial charge in [-0.25, -0.2) is 9.97 Å². The Labute approximate surface area is 170 Å². The molecule has 0 aliphatic heterocycles. The highest BCUT2D eigenvalue weighted by Gasteiger charge is 2.19. The van der Waals surface area contributed by atoms with Crippen LogP contribution in [0.4, 0.5) is 0 Å². The number of rotatable bonds is 6. The van der Waals surface area contributed by atoms with Crippen LogP contribution in [0.2, 0.25) is 5.02 Å². The van der Waals surface area contributed by atoms with Gasteiger partial charge < -0.3 is 5.32 Å². The molecule has 4 rings (SSSR count). The molecule has 0 saturated carbocycles. The Morgan fingerprint density at radius 1 is 1.18 bits per heavy atom. The summed E-state index contributed by atoms with van der Waals surface area (Å²) in [6, 6.07) is 16.9. The van der Waals surface area contributed by atoms with E-state index in [1.807, 2.05) is 48.5 Å². The largest absolute Gasteiger partial charge is 0.342 e. The molecule has 0 saturated heterocycles. The Bertz CT molecular complexity index is 1070. The minimum Gasteiger partial charge on any atom is -0.342 e. The normalized spacial score (nSPS) is 11.9. The first kappa shape index (κ1) is 18.3. The molecule has 0 aliphatic carbocycles. The number of aromatic nitrogens is 4. The predicted octanol–water partition coefficient (Wildman–Crippen LogP) is 4.23. The maximum atomic E-state index is 12.8. The average molecular weight is 410 g/mol. The number of benzene rings is 2. The number of amides is 1. The van der Waals surface area contributed by atoms with Gasteiger partial charge in [0.25, 0.3) is 5.91 Å². The summed E-state index contributed by atoms with van der Waals surface area (Å²) in [4.78, 5) is 21.3. The molecule has 0 bridgehead atoms. The standard InChI is InChI=1S/C20H16ClN5OS/c21-16-8-4-7-15(9-16)20-25-18(11-28-20)19(27)24-17(10-26-13-22-12-23-26)14-5-2-1-3-6-14/h1-9,11-13,17H,10H2,(H,24,27). The fourth-order valence-electron chi connectivity index (χ4n) is 2.80. The second-order valence-electron chi connectivity index (χ2n) is 6.10. The molecular weight excluding hydrogens is 394 g/mol. The summed E-state index contributed by atoms with van der Waals surface area (Å²) in [5.74, 6) is -0.238. The average Bonchev–Trinajstić information content (AvgIpc) is 3.40. The number of hydrogen-bond donors (Lipinski definition) is 1. The van der Waals surface area contributed by atoms with Crippen LogP contribution in [-0.2, 0) is 6.54 Å². The number of hydrogen-bond acceptors (Lipinski definition) is 5. The summed E-state index contributed by atoms with van der Waals surface area (Å²) in [5.41, 5.74) is 2.25. The highest BCUT2D eigenvalue weighted by atomic mass is 35.5. The van der Waals surface area contributed by atoms with Crippen molar-refractivity contribution in [2.45, 2.75) is 12.6 Å². The molecule has 140 valence electrons. The van der Waals surface area contributed by atoms with Crippen LogP contribution in [0.5, 0.6) is 0 Å². The van der Waals surface area contributed by atoms with Crippen LogP contribution in [0.1, 0.15) is 22.1 Å². The van der Waals surface area contributed by atoms with Gasteiger partial charge in [0, 0.05) is 16.0 Å². The number of thiazole rings is 1. The number of nitrogens with zero attached hydrogens (tertiary/aromatic N) is 4. The van der Waals surface area contributed by atoms with Crippen LogP contribution >= 0.6 is 22.9 Å². The van der Waals surface area contributed by atoms with E-state index in [1.165, 1.54) is 17.7 Å². The number of carbonyl (C=O) groups excluding carboxylic acids is 1. The summed E-state index contributed by atoms with van der Waals surface area (Å²) in [5, 5.41) is 10.3. The maximum Gasteiger partial charge on any atom is 0.271 e. The molecule has 8 heteroatoms. The molecule has 1 N–H and O–H groups in total. The van der Waals surface area contributed by atoms with Gasteiger partial charge in [0.2, 0.25) is 0 Å². The molecular formula is C20H16ClN5OS. The highest BCUT2D eigenvalue weighted by molar-refractivity contribution is 7.13. The SMILES string of the molecule is O=C(NC(Cn1cncn1)c1ccccc1)c1csc(-c2cccc(Cl)c2)n1. The molecule has 1 atom stereocenters. The van der Waals surface area contributed by atoms with Crippen molar-refractivity contribution in [3.63, 3.8) is 0 Å². The minimum atomic E-state index is -0.258. The molecule has 4 aromatic rings. The second-order valence-corrected chi connectivity index (χ2v) is 7.40. The van der Waals surface area contributed by atoms with E-state index in [1.54, 1.807) is 22.5 Å². The van der Waals surface area contributed by atoms with Crippen LogP contribution < -0.4 is 5.32 Å². The van der Waals surface area contributed by atoms with Crippen LogP contribution in [0.25, 0.3) is 10.6 Å². The Morgan fingerprint density at radius 3 is 2.79 bits per heavy atom. The van der Waals surface area contributed by atoms with Crippen molar-refractivity contribution in [1.82, 2.24) is 25.1 Å². The number of carbonyl (C=O) groups is 1. The summed E-state index contributed by atoms with van der Waals surface area (Å²) in [6.07, 6.45) is 3.10. The predicted molar refractivity (Wildman–Crippen MR) is 109 cm³/mol. The minimum absolute atomic E-state index is 0.238. The van der Waals surface area contributed by atoms with Crippen molar-refractivity contribution in [2.24, 2.45) is 0 Å². The van der Waals surface area contributed by atoms with Crippen molar-refractivity contribution in [1.29, 1.82) is 0 Å². The molecule has 6 nitrogen and oxygen atoms in total. The van der Waals surface area contributed by atoms with E-state index in [-0.39, 0.29) is 11.9 Å². The third-order valence-electron chi connectivity index (χ3n) is 4.15. The third kappa shape index (κ3) is 4.27. The Hall–Kier alpha value is -3.03. The van der Waals surface area contributed by atoms with Crippen molar-refractivity contribution in [3.05, 3.63) is 88.9 Å². The number of nitrogens with one attached hydrogen (secondary N) is 1. The van der Waals surface area contributed by atoms with Gasteiger partial charge in [-0.05, 0) is 17.7 Å². The van der Waals surface area contributed by atoms with Crippen LogP contribution in [0.3, 0.4) is 0 Å². The van der Waals surface area contributed by atoms with Crippen LogP contribution in [0.15, 0.2) is 72.6 Å². The molecule has 0 radical (unpaired) electrons. The summed E-state index contributed by atoms with van der Waals surface area (Å²) in [6.45, 7) is 0.473. The van der Waals surface area contributed by atoms with E-state index in [0.717, 1.165) is 16.1 Å². The summed E-state index contributed by atoms with van der Waals surface area (Å²) < 4.78 is 1.69. The fourth-order valence-corrected chi connectivity index (χ4v) is 3.79. The highest BCUT2D eigenvalue weighted by Crippen LogP contribution is 2.26. The first-order chi connectivity index (χ1) is 13.7. The summed E-state index contributed by atoms with van der Waals surface area (Å²) in [7, 11) is 0. The Balaban J connectivity index is 1.54. The van der Waals surface area contributed by atoms with E-state index in [0.29, 0.717) is 17.3 Å². The molecule has 0 fully saturated rings. The third-order valence-corrected chi connectivity index (χ3v) is 5.28. The Kier molecular flexibility index (Phi) is 5.45. The first-order valence-electron chi connectivity index (χ1n) is 8.59. The topological polar surface area (TPSA) is 72.7 Å². The van der Waals surface area contributed by atoms with E-state index in [4.69, 9.17) is 11.6 Å². The second kappa shape index (κ2) is 8.33. The zero-order valence-corrected chi connectivity index (χ0v) is 16.3. The van der Waals surface area contributed by atoms with E-state index >= 15 is 0 Å². The molecule has 2 aromatic heterocycles. The van der Waals surface area contributed by atoms with Crippen molar-refractivity contribution >= 4 is 28.8 Å². The van der Waals surface area contributed by atoms with E-state index < -0.39 is 0 Å². The maximum absolute atomic E-state index is 12.8. The fraction of sp³-hybridized carbons (Fsp3) is 0.100. The Morgan fingerprint density at radius 2 is 2.04 bits per heavy atom. The van der Waals surface area contributed by atoms with Crippen LogP contribution in [-0.4, -0.2) is 25.7 Å². The molecule has 0 spiro atoms. The van der Waals surface area contributed by atoms with Crippen molar-refractivity contribution in [2.75, 3.05) is 0 Å². The molecule has 2 aromatic carbocycles. The molecule has 1 amide bonds. The van der Waals surface area contributed by atoms with Gasteiger partial charge in [-0.2, -0.15) is 5.10 Å². The first-order valence-corrected chi connectivity index (χ1v) is 9.84.